The van der Waals surface area contributed by atoms with Crippen molar-refractivity contribution < 1.29 is 4.79 Å². The van der Waals surface area contributed by atoms with Crippen molar-refractivity contribution in [3.63, 3.8) is 0 Å². The van der Waals surface area contributed by atoms with Gasteiger partial charge in [0, 0.05) is 28.0 Å². The number of thiazole rings is 1. The fourth-order valence-electron chi connectivity index (χ4n) is 3.03. The van der Waals surface area contributed by atoms with Gasteiger partial charge in [0.2, 0.25) is 5.91 Å². The molecule has 0 radical (unpaired) electrons. The molecular formula is C20H15N5OS2. The molecule has 0 atom stereocenters. The van der Waals surface area contributed by atoms with Gasteiger partial charge in [-0.1, -0.05) is 42.1 Å². The van der Waals surface area contributed by atoms with Crippen LogP contribution in [0.2, 0.25) is 0 Å². The number of fused-ring (bicyclic) bond motifs is 2. The molecule has 0 spiro atoms. The standard InChI is InChI=1S/C20H15N5OS2/c26-18(11-28-19-22-15-7-3-4-8-16(15)23-19)25-20-24-17(10-27-20)13-9-21-14-6-2-1-5-12(13)14/h1-10,21H,11H2,(H,22,23)(H,24,25,26). The van der Waals surface area contributed by atoms with Crippen LogP contribution >= 0.6 is 23.1 Å². The zero-order valence-electron chi connectivity index (χ0n) is 14.6. The number of aromatic nitrogens is 4. The molecule has 5 rings (SSSR count). The highest BCUT2D eigenvalue weighted by Crippen LogP contribution is 2.31. The minimum Gasteiger partial charge on any atom is -0.360 e. The van der Waals surface area contributed by atoms with Gasteiger partial charge in [-0.3, -0.25) is 4.79 Å². The number of thioether (sulfide) groups is 1. The third-order valence-electron chi connectivity index (χ3n) is 4.32. The average Bonchev–Trinajstić information content (AvgIpc) is 3.43. The van der Waals surface area contributed by atoms with Crippen LogP contribution in [0.15, 0.2) is 65.3 Å². The molecule has 1 amide bonds. The van der Waals surface area contributed by atoms with Crippen molar-refractivity contribution in [1.29, 1.82) is 0 Å². The highest BCUT2D eigenvalue weighted by molar-refractivity contribution is 7.99. The number of para-hydroxylation sites is 3. The number of hydrogen-bond acceptors (Lipinski definition) is 5. The number of anilines is 1. The van der Waals surface area contributed by atoms with Gasteiger partial charge >= 0.3 is 0 Å². The van der Waals surface area contributed by atoms with Gasteiger partial charge in [0.1, 0.15) is 0 Å². The molecule has 6 nitrogen and oxygen atoms in total. The van der Waals surface area contributed by atoms with E-state index in [1.54, 1.807) is 0 Å². The molecule has 138 valence electrons. The van der Waals surface area contributed by atoms with Crippen molar-refractivity contribution in [2.75, 3.05) is 11.1 Å². The minimum atomic E-state index is -0.106. The first kappa shape index (κ1) is 17.0. The minimum absolute atomic E-state index is 0.106. The lowest BCUT2D eigenvalue weighted by Gasteiger charge is -2.00. The summed E-state index contributed by atoms with van der Waals surface area (Å²) in [7, 11) is 0. The molecule has 8 heteroatoms. The lowest BCUT2D eigenvalue weighted by molar-refractivity contribution is -0.113. The van der Waals surface area contributed by atoms with E-state index in [2.05, 4.69) is 31.3 Å². The fourth-order valence-corrected chi connectivity index (χ4v) is 4.44. The van der Waals surface area contributed by atoms with Crippen molar-refractivity contribution in [1.82, 2.24) is 19.9 Å². The number of carbonyl (C=O) groups is 1. The summed E-state index contributed by atoms with van der Waals surface area (Å²) >= 11 is 2.79. The zero-order valence-corrected chi connectivity index (χ0v) is 16.2. The van der Waals surface area contributed by atoms with Gasteiger partial charge in [0.25, 0.3) is 0 Å². The van der Waals surface area contributed by atoms with Crippen LogP contribution < -0.4 is 5.32 Å². The average molecular weight is 406 g/mol. The van der Waals surface area contributed by atoms with Crippen LogP contribution in [0.4, 0.5) is 5.13 Å². The summed E-state index contributed by atoms with van der Waals surface area (Å²) < 4.78 is 0. The van der Waals surface area contributed by atoms with Crippen LogP contribution in [0, 0.1) is 0 Å². The highest BCUT2D eigenvalue weighted by atomic mass is 32.2. The fraction of sp³-hybridized carbons (Fsp3) is 0.0500. The summed E-state index contributed by atoms with van der Waals surface area (Å²) in [4.78, 5) is 27.8. The van der Waals surface area contributed by atoms with E-state index in [-0.39, 0.29) is 11.7 Å². The van der Waals surface area contributed by atoms with Crippen molar-refractivity contribution in [3.8, 4) is 11.3 Å². The molecule has 0 aliphatic rings. The molecule has 3 heterocycles. The SMILES string of the molecule is O=C(CSc1nc2ccccc2[nH]1)Nc1nc(-c2c[nH]c3ccccc23)cs1. The highest BCUT2D eigenvalue weighted by Gasteiger charge is 2.12. The quantitative estimate of drug-likeness (QED) is 0.363. The number of hydrogen-bond donors (Lipinski definition) is 3. The topological polar surface area (TPSA) is 86.5 Å². The largest absolute Gasteiger partial charge is 0.360 e. The molecule has 0 fully saturated rings. The van der Waals surface area contributed by atoms with Crippen LogP contribution in [-0.4, -0.2) is 31.6 Å². The number of benzene rings is 2. The monoisotopic (exact) mass is 405 g/mol. The summed E-state index contributed by atoms with van der Waals surface area (Å²) in [6.45, 7) is 0. The van der Waals surface area contributed by atoms with Crippen LogP contribution in [0.25, 0.3) is 33.2 Å². The third-order valence-corrected chi connectivity index (χ3v) is 5.95. The third kappa shape index (κ3) is 3.28. The number of nitrogens with zero attached hydrogens (tertiary/aromatic N) is 2. The second kappa shape index (κ2) is 7.14. The zero-order chi connectivity index (χ0) is 18.9. The Morgan fingerprint density at radius 3 is 2.79 bits per heavy atom. The first-order chi connectivity index (χ1) is 13.8. The van der Waals surface area contributed by atoms with Gasteiger partial charge in [-0.05, 0) is 18.2 Å². The second-order valence-electron chi connectivity index (χ2n) is 6.18. The van der Waals surface area contributed by atoms with Crippen LogP contribution in [0.5, 0.6) is 0 Å². The first-order valence-electron chi connectivity index (χ1n) is 8.66. The maximum absolute atomic E-state index is 12.3. The smallest absolute Gasteiger partial charge is 0.236 e. The number of H-pyrrole nitrogens is 2. The summed E-state index contributed by atoms with van der Waals surface area (Å²) in [5.74, 6) is 0.159. The molecule has 3 N–H and O–H groups in total. The Balaban J connectivity index is 1.25. The Morgan fingerprint density at radius 2 is 1.89 bits per heavy atom. The Kier molecular flexibility index (Phi) is 4.34. The van der Waals surface area contributed by atoms with E-state index in [1.807, 2.05) is 54.0 Å². The van der Waals surface area contributed by atoms with E-state index < -0.39 is 0 Å². The number of imidazole rings is 1. The molecule has 3 aromatic heterocycles. The summed E-state index contributed by atoms with van der Waals surface area (Å²) in [6, 6.07) is 15.9. The summed E-state index contributed by atoms with van der Waals surface area (Å²) in [6.07, 6.45) is 1.95. The summed E-state index contributed by atoms with van der Waals surface area (Å²) in [5.41, 5.74) is 4.81. The Bertz CT molecular complexity index is 1250. The van der Waals surface area contributed by atoms with E-state index in [4.69, 9.17) is 0 Å². The predicted molar refractivity (Wildman–Crippen MR) is 115 cm³/mol. The number of carbonyl (C=O) groups excluding carboxylic acids is 1. The Labute approximate surface area is 168 Å². The Hall–Kier alpha value is -3.10. The molecule has 0 bridgehead atoms. The van der Waals surface area contributed by atoms with E-state index in [0.29, 0.717) is 5.13 Å². The van der Waals surface area contributed by atoms with Crippen molar-refractivity contribution >= 4 is 56.1 Å². The normalized spacial score (nSPS) is 11.3. The number of aromatic amines is 2. The lowest BCUT2D eigenvalue weighted by Crippen LogP contribution is -2.13. The van der Waals surface area contributed by atoms with E-state index in [0.717, 1.165) is 38.4 Å². The number of rotatable bonds is 5. The number of nitrogens with one attached hydrogen (secondary N) is 3. The maximum Gasteiger partial charge on any atom is 0.236 e. The van der Waals surface area contributed by atoms with Crippen LogP contribution in [-0.2, 0) is 4.79 Å². The van der Waals surface area contributed by atoms with Gasteiger partial charge in [-0.25, -0.2) is 9.97 Å². The van der Waals surface area contributed by atoms with Gasteiger partial charge < -0.3 is 15.3 Å². The molecule has 0 aliphatic carbocycles. The van der Waals surface area contributed by atoms with Gasteiger partial charge in [0.15, 0.2) is 10.3 Å². The predicted octanol–water partition coefficient (Wildman–Crippen LogP) is 4.90. The van der Waals surface area contributed by atoms with Crippen molar-refractivity contribution in [2.45, 2.75) is 5.16 Å². The molecule has 2 aromatic carbocycles. The molecule has 0 saturated heterocycles. The van der Waals surface area contributed by atoms with Crippen molar-refractivity contribution in [2.24, 2.45) is 0 Å². The van der Waals surface area contributed by atoms with Gasteiger partial charge in [0.05, 0.1) is 22.5 Å². The maximum atomic E-state index is 12.3. The van der Waals surface area contributed by atoms with Crippen LogP contribution in [0.1, 0.15) is 0 Å². The number of amides is 1. The molecule has 0 aliphatic heterocycles. The van der Waals surface area contributed by atoms with Crippen molar-refractivity contribution in [3.05, 3.63) is 60.1 Å². The Morgan fingerprint density at radius 1 is 1.07 bits per heavy atom. The molecule has 0 unspecified atom stereocenters. The molecular weight excluding hydrogens is 390 g/mol. The van der Waals surface area contributed by atoms with E-state index in [1.165, 1.54) is 23.1 Å². The van der Waals surface area contributed by atoms with Gasteiger partial charge in [-0.15, -0.1) is 11.3 Å². The first-order valence-corrected chi connectivity index (χ1v) is 10.5. The molecule has 5 aromatic rings. The summed E-state index contributed by atoms with van der Waals surface area (Å²) in [5, 5.41) is 7.27. The molecule has 0 saturated carbocycles. The van der Waals surface area contributed by atoms with Gasteiger partial charge in [-0.2, -0.15) is 0 Å². The molecule has 28 heavy (non-hydrogen) atoms. The van der Waals surface area contributed by atoms with E-state index >= 15 is 0 Å². The lowest BCUT2D eigenvalue weighted by atomic mass is 10.1. The van der Waals surface area contributed by atoms with Crippen LogP contribution in [0.3, 0.4) is 0 Å². The second-order valence-corrected chi connectivity index (χ2v) is 8.00. The van der Waals surface area contributed by atoms with E-state index in [9.17, 15) is 4.79 Å².